The second-order valence-corrected chi connectivity index (χ2v) is 10.8. The SMILES string of the molecule is C=CCn1c(C)c(C)c2cc(C(=O)N3CCN(CCOC)CC3)cc(NS(=O)(=O)c3ccccc3)c21. The number of piperazine rings is 1. The molecule has 1 fully saturated rings. The van der Waals surface area contributed by atoms with Crippen LogP contribution in [0.5, 0.6) is 0 Å². The summed E-state index contributed by atoms with van der Waals surface area (Å²) in [5, 5.41) is 0.852. The van der Waals surface area contributed by atoms with Crippen molar-refractivity contribution < 1.29 is 17.9 Å². The Morgan fingerprint density at radius 1 is 1.11 bits per heavy atom. The molecule has 1 saturated heterocycles. The number of nitrogens with one attached hydrogen (secondary N) is 1. The molecule has 9 heteroatoms. The summed E-state index contributed by atoms with van der Waals surface area (Å²) in [4.78, 5) is 17.8. The van der Waals surface area contributed by atoms with Gasteiger partial charge in [-0.1, -0.05) is 24.3 Å². The minimum Gasteiger partial charge on any atom is -0.383 e. The standard InChI is InChI=1S/C27H34N4O4S/c1-5-11-31-21(3)20(2)24-18-22(27(32)30-14-12-29(13-15-30)16-17-35-4)19-25(26(24)31)28-36(33,34)23-9-7-6-8-10-23/h5-10,18-19,28H,1,11-17H2,2-4H3. The second kappa shape index (κ2) is 10.9. The molecule has 0 bridgehead atoms. The maximum absolute atomic E-state index is 13.6. The molecule has 3 aromatic rings. The predicted octanol–water partition coefficient (Wildman–Crippen LogP) is 3.65. The molecule has 2 aromatic carbocycles. The van der Waals surface area contributed by atoms with E-state index >= 15 is 0 Å². The van der Waals surface area contributed by atoms with E-state index in [4.69, 9.17) is 4.74 Å². The molecule has 1 N–H and O–H groups in total. The molecule has 1 aromatic heterocycles. The average Bonchev–Trinajstić information content (AvgIpc) is 3.13. The number of methoxy groups -OCH3 is 1. The average molecular weight is 511 g/mol. The van der Waals surface area contributed by atoms with Crippen molar-refractivity contribution >= 4 is 32.5 Å². The van der Waals surface area contributed by atoms with Gasteiger partial charge in [0.25, 0.3) is 15.9 Å². The van der Waals surface area contributed by atoms with Gasteiger partial charge in [-0.2, -0.15) is 0 Å². The van der Waals surface area contributed by atoms with Gasteiger partial charge in [0.15, 0.2) is 0 Å². The fourth-order valence-electron chi connectivity index (χ4n) is 4.72. The van der Waals surface area contributed by atoms with Crippen molar-refractivity contribution in [3.8, 4) is 0 Å². The van der Waals surface area contributed by atoms with Crippen molar-refractivity contribution in [2.75, 3.05) is 51.2 Å². The number of hydrogen-bond acceptors (Lipinski definition) is 5. The van der Waals surface area contributed by atoms with Gasteiger partial charge < -0.3 is 14.2 Å². The molecule has 0 unspecified atom stereocenters. The predicted molar refractivity (Wildman–Crippen MR) is 143 cm³/mol. The van der Waals surface area contributed by atoms with Gasteiger partial charge in [0.2, 0.25) is 0 Å². The molecule has 36 heavy (non-hydrogen) atoms. The number of allylic oxidation sites excluding steroid dienone is 1. The lowest BCUT2D eigenvalue weighted by atomic mass is 10.1. The first kappa shape index (κ1) is 25.9. The van der Waals surface area contributed by atoms with Crippen LogP contribution < -0.4 is 4.72 Å². The Hall–Kier alpha value is -3.14. The van der Waals surface area contributed by atoms with Gasteiger partial charge in [-0.15, -0.1) is 6.58 Å². The third kappa shape index (κ3) is 5.18. The number of anilines is 1. The van der Waals surface area contributed by atoms with Crippen molar-refractivity contribution in [2.24, 2.45) is 0 Å². The summed E-state index contributed by atoms with van der Waals surface area (Å²) >= 11 is 0. The number of carbonyl (C=O) groups excluding carboxylic acids is 1. The van der Waals surface area contributed by atoms with E-state index in [0.717, 1.165) is 41.8 Å². The Morgan fingerprint density at radius 2 is 1.81 bits per heavy atom. The van der Waals surface area contributed by atoms with Gasteiger partial charge in [0, 0.05) is 63.0 Å². The van der Waals surface area contributed by atoms with E-state index in [1.54, 1.807) is 49.6 Å². The number of benzene rings is 2. The Balaban J connectivity index is 1.74. The van der Waals surface area contributed by atoms with E-state index in [-0.39, 0.29) is 10.8 Å². The summed E-state index contributed by atoms with van der Waals surface area (Å²) in [6.45, 7) is 12.7. The Morgan fingerprint density at radius 3 is 2.44 bits per heavy atom. The van der Waals surface area contributed by atoms with Gasteiger partial charge in [-0.3, -0.25) is 14.4 Å². The molecule has 1 amide bonds. The fourth-order valence-corrected chi connectivity index (χ4v) is 5.79. The lowest BCUT2D eigenvalue weighted by molar-refractivity contribution is 0.0594. The normalized spacial score (nSPS) is 14.8. The number of carbonyl (C=O) groups is 1. The highest BCUT2D eigenvalue weighted by atomic mass is 32.2. The first-order valence-electron chi connectivity index (χ1n) is 12.1. The van der Waals surface area contributed by atoms with Crippen LogP contribution >= 0.6 is 0 Å². The van der Waals surface area contributed by atoms with Crippen LogP contribution in [0, 0.1) is 13.8 Å². The van der Waals surface area contributed by atoms with Crippen LogP contribution in [-0.4, -0.2) is 75.1 Å². The fraction of sp³-hybridized carbons (Fsp3) is 0.370. The minimum absolute atomic E-state index is 0.100. The van der Waals surface area contributed by atoms with Crippen LogP contribution in [0.25, 0.3) is 10.9 Å². The zero-order valence-electron chi connectivity index (χ0n) is 21.2. The zero-order valence-corrected chi connectivity index (χ0v) is 22.0. The third-order valence-corrected chi connectivity index (χ3v) is 8.24. The maximum atomic E-state index is 13.6. The van der Waals surface area contributed by atoms with Crippen molar-refractivity contribution in [1.82, 2.24) is 14.4 Å². The van der Waals surface area contributed by atoms with Crippen LogP contribution in [0.4, 0.5) is 5.69 Å². The van der Waals surface area contributed by atoms with Gasteiger partial charge in [0.05, 0.1) is 22.7 Å². The molecule has 0 saturated carbocycles. The van der Waals surface area contributed by atoms with Gasteiger partial charge in [-0.25, -0.2) is 8.42 Å². The molecule has 0 aliphatic carbocycles. The van der Waals surface area contributed by atoms with E-state index in [9.17, 15) is 13.2 Å². The summed E-state index contributed by atoms with van der Waals surface area (Å²) in [5.41, 5.74) is 3.60. The van der Waals surface area contributed by atoms with Crippen LogP contribution in [0.1, 0.15) is 21.6 Å². The molecular weight excluding hydrogens is 476 g/mol. The van der Waals surface area contributed by atoms with Crippen molar-refractivity contribution in [1.29, 1.82) is 0 Å². The highest BCUT2D eigenvalue weighted by molar-refractivity contribution is 7.92. The molecule has 0 atom stereocenters. The summed E-state index contributed by atoms with van der Waals surface area (Å²) in [6, 6.07) is 11.8. The largest absolute Gasteiger partial charge is 0.383 e. The lowest BCUT2D eigenvalue weighted by Gasteiger charge is -2.34. The number of nitrogens with zero attached hydrogens (tertiary/aromatic N) is 3. The molecule has 0 radical (unpaired) electrons. The monoisotopic (exact) mass is 510 g/mol. The van der Waals surface area contributed by atoms with Crippen LogP contribution in [0.3, 0.4) is 0 Å². The number of hydrogen-bond donors (Lipinski definition) is 1. The Kier molecular flexibility index (Phi) is 7.82. The highest BCUT2D eigenvalue weighted by Gasteiger charge is 2.26. The first-order valence-corrected chi connectivity index (χ1v) is 13.6. The number of aryl methyl sites for hydroxylation is 1. The minimum atomic E-state index is -3.86. The molecule has 192 valence electrons. The van der Waals surface area contributed by atoms with E-state index in [0.29, 0.717) is 37.5 Å². The summed E-state index contributed by atoms with van der Waals surface area (Å²) in [7, 11) is -2.17. The maximum Gasteiger partial charge on any atom is 0.261 e. The molecule has 1 aliphatic heterocycles. The number of ether oxygens (including phenoxy) is 1. The molecule has 4 rings (SSSR count). The summed E-state index contributed by atoms with van der Waals surface area (Å²) < 4.78 is 36.5. The van der Waals surface area contributed by atoms with E-state index in [1.807, 2.05) is 29.4 Å². The van der Waals surface area contributed by atoms with Crippen LogP contribution in [-0.2, 0) is 21.3 Å². The Bertz CT molecular complexity index is 1360. The molecule has 1 aliphatic rings. The van der Waals surface area contributed by atoms with Gasteiger partial charge >= 0.3 is 0 Å². The number of aromatic nitrogens is 1. The van der Waals surface area contributed by atoms with Crippen molar-refractivity contribution in [3.63, 3.8) is 0 Å². The summed E-state index contributed by atoms with van der Waals surface area (Å²) in [6.07, 6.45) is 1.78. The quantitative estimate of drug-likeness (QED) is 0.445. The third-order valence-electron chi connectivity index (χ3n) is 6.86. The van der Waals surface area contributed by atoms with E-state index in [1.165, 1.54) is 0 Å². The van der Waals surface area contributed by atoms with Crippen LogP contribution in [0.15, 0.2) is 60.0 Å². The lowest BCUT2D eigenvalue weighted by Crippen LogP contribution is -2.49. The number of rotatable bonds is 9. The molecule has 8 nitrogen and oxygen atoms in total. The van der Waals surface area contributed by atoms with Crippen LogP contribution in [0.2, 0.25) is 0 Å². The van der Waals surface area contributed by atoms with Gasteiger partial charge in [-0.05, 0) is 43.7 Å². The number of fused-ring (bicyclic) bond motifs is 1. The highest BCUT2D eigenvalue weighted by Crippen LogP contribution is 2.34. The smallest absolute Gasteiger partial charge is 0.261 e. The Labute approximate surface area is 213 Å². The second-order valence-electron chi connectivity index (χ2n) is 9.07. The number of sulfonamides is 1. The number of amides is 1. The molecule has 0 spiro atoms. The summed E-state index contributed by atoms with van der Waals surface area (Å²) in [5.74, 6) is -0.100. The zero-order chi connectivity index (χ0) is 25.9. The molecule has 2 heterocycles. The topological polar surface area (TPSA) is 83.9 Å². The molecular formula is C27H34N4O4S. The van der Waals surface area contributed by atoms with E-state index < -0.39 is 10.0 Å². The van der Waals surface area contributed by atoms with Crippen molar-refractivity contribution in [2.45, 2.75) is 25.3 Å². The van der Waals surface area contributed by atoms with E-state index in [2.05, 4.69) is 16.2 Å². The van der Waals surface area contributed by atoms with Crippen molar-refractivity contribution in [3.05, 3.63) is 71.9 Å². The van der Waals surface area contributed by atoms with Gasteiger partial charge in [0.1, 0.15) is 0 Å². The first-order chi connectivity index (χ1) is 17.3.